The van der Waals surface area contributed by atoms with Crippen LogP contribution in [0.2, 0.25) is 0 Å². The minimum atomic E-state index is 0.584. The molecule has 1 aromatic heterocycles. The molecular formula is C11H7BrN2O. The molecule has 0 unspecified atom stereocenters. The molecule has 74 valence electrons. The number of hydrogen-bond acceptors (Lipinski definition) is 2. The quantitative estimate of drug-likeness (QED) is 0.609. The van der Waals surface area contributed by atoms with Crippen LogP contribution in [0.15, 0.2) is 34.9 Å². The van der Waals surface area contributed by atoms with Crippen LogP contribution in [0.5, 0.6) is 0 Å². The molecule has 0 aliphatic heterocycles. The fourth-order valence-corrected chi connectivity index (χ4v) is 1.44. The average molecular weight is 263 g/mol. The van der Waals surface area contributed by atoms with Crippen molar-refractivity contribution < 1.29 is 4.42 Å². The Kier molecular flexibility index (Phi) is 2.84. The Hall–Kier alpha value is -1.60. The average Bonchev–Trinajstić information content (AvgIpc) is 2.78. The van der Waals surface area contributed by atoms with Gasteiger partial charge in [0.2, 0.25) is 5.89 Å². The Labute approximate surface area is 95.7 Å². The summed E-state index contributed by atoms with van der Waals surface area (Å²) >= 11 is 3.30. The van der Waals surface area contributed by atoms with Crippen LogP contribution in [0.25, 0.3) is 16.3 Å². The molecule has 0 atom stereocenters. The second kappa shape index (κ2) is 4.28. The van der Waals surface area contributed by atoms with Crippen LogP contribution in [0.1, 0.15) is 5.69 Å². The Morgan fingerprint density at radius 3 is 2.60 bits per heavy atom. The zero-order valence-electron chi connectivity index (χ0n) is 7.77. The summed E-state index contributed by atoms with van der Waals surface area (Å²) < 4.78 is 5.30. The van der Waals surface area contributed by atoms with Gasteiger partial charge >= 0.3 is 0 Å². The number of halogens is 1. The molecule has 0 saturated heterocycles. The molecule has 0 spiro atoms. The predicted molar refractivity (Wildman–Crippen MR) is 60.8 cm³/mol. The van der Waals surface area contributed by atoms with E-state index in [1.54, 1.807) is 18.4 Å². The molecule has 0 amide bonds. The molecule has 2 rings (SSSR count). The summed E-state index contributed by atoms with van der Waals surface area (Å²) in [6.07, 6.45) is 1.62. The van der Waals surface area contributed by atoms with Gasteiger partial charge in [-0.3, -0.25) is 0 Å². The third kappa shape index (κ3) is 2.08. The highest BCUT2D eigenvalue weighted by Crippen LogP contribution is 2.22. The Morgan fingerprint density at radius 2 is 2.07 bits per heavy atom. The van der Waals surface area contributed by atoms with E-state index in [1.807, 2.05) is 12.1 Å². The first-order valence-corrected chi connectivity index (χ1v) is 5.44. The van der Waals surface area contributed by atoms with E-state index < -0.39 is 0 Å². The molecule has 0 saturated carbocycles. The first-order valence-electron chi connectivity index (χ1n) is 4.32. The minimum Gasteiger partial charge on any atom is -0.444 e. The first kappa shape index (κ1) is 9.94. The summed E-state index contributed by atoms with van der Waals surface area (Å²) in [4.78, 5) is 7.58. The largest absolute Gasteiger partial charge is 0.444 e. The monoisotopic (exact) mass is 262 g/mol. The maximum absolute atomic E-state index is 6.83. The van der Waals surface area contributed by atoms with E-state index in [0.29, 0.717) is 16.9 Å². The van der Waals surface area contributed by atoms with Crippen molar-refractivity contribution in [1.82, 2.24) is 4.98 Å². The highest BCUT2D eigenvalue weighted by molar-refractivity contribution is 9.08. The second-order valence-electron chi connectivity index (χ2n) is 2.94. The summed E-state index contributed by atoms with van der Waals surface area (Å²) in [5.41, 5.74) is 2.36. The van der Waals surface area contributed by atoms with Gasteiger partial charge < -0.3 is 4.42 Å². The number of alkyl halides is 1. The fraction of sp³-hybridized carbons (Fsp3) is 0.0909. The van der Waals surface area contributed by atoms with Gasteiger partial charge in [0, 0.05) is 10.9 Å². The number of oxazole rings is 1. The second-order valence-corrected chi connectivity index (χ2v) is 3.50. The van der Waals surface area contributed by atoms with Crippen molar-refractivity contribution in [2.24, 2.45) is 0 Å². The van der Waals surface area contributed by atoms with Gasteiger partial charge in [0.15, 0.2) is 5.69 Å². The van der Waals surface area contributed by atoms with E-state index in [9.17, 15) is 0 Å². The lowest BCUT2D eigenvalue weighted by atomic mass is 10.2. The smallest absolute Gasteiger partial charge is 0.226 e. The van der Waals surface area contributed by atoms with E-state index in [4.69, 9.17) is 11.0 Å². The van der Waals surface area contributed by atoms with Crippen LogP contribution in [-0.2, 0) is 5.33 Å². The molecule has 1 aromatic carbocycles. The van der Waals surface area contributed by atoms with Crippen molar-refractivity contribution in [3.05, 3.63) is 47.6 Å². The summed E-state index contributed by atoms with van der Waals surface area (Å²) in [5.74, 6) is 0.584. The van der Waals surface area contributed by atoms with E-state index >= 15 is 0 Å². The van der Waals surface area contributed by atoms with E-state index in [1.165, 1.54) is 0 Å². The lowest BCUT2D eigenvalue weighted by Gasteiger charge is -1.94. The van der Waals surface area contributed by atoms with Crippen molar-refractivity contribution in [3.63, 3.8) is 0 Å². The molecule has 1 heterocycles. The number of benzene rings is 1. The summed E-state index contributed by atoms with van der Waals surface area (Å²) in [7, 11) is 0. The Morgan fingerprint density at radius 1 is 1.33 bits per heavy atom. The van der Waals surface area contributed by atoms with Gasteiger partial charge in [-0.1, -0.05) is 40.2 Å². The molecule has 0 N–H and O–H groups in total. The van der Waals surface area contributed by atoms with Crippen molar-refractivity contribution in [1.29, 1.82) is 0 Å². The van der Waals surface area contributed by atoms with Gasteiger partial charge in [0.25, 0.3) is 0 Å². The molecule has 15 heavy (non-hydrogen) atoms. The number of hydrogen-bond donors (Lipinski definition) is 0. The standard InChI is InChI=1S/C11H7BrN2O/c1-13-9-4-2-8(3-5-9)11-14-10(6-12)7-15-11/h2-5,7H,6H2. The fourth-order valence-electron chi connectivity index (χ4n) is 1.18. The molecule has 2 aromatic rings. The van der Waals surface area contributed by atoms with Crippen LogP contribution in [0.3, 0.4) is 0 Å². The van der Waals surface area contributed by atoms with Crippen molar-refractivity contribution in [2.45, 2.75) is 5.33 Å². The lowest BCUT2D eigenvalue weighted by Crippen LogP contribution is -1.78. The normalized spacial score (nSPS) is 9.87. The number of nitrogens with zero attached hydrogens (tertiary/aromatic N) is 2. The van der Waals surface area contributed by atoms with Crippen LogP contribution in [-0.4, -0.2) is 4.98 Å². The molecule has 0 aliphatic carbocycles. The van der Waals surface area contributed by atoms with E-state index in [0.717, 1.165) is 11.3 Å². The molecular weight excluding hydrogens is 256 g/mol. The van der Waals surface area contributed by atoms with Gasteiger partial charge in [0.1, 0.15) is 6.26 Å². The molecule has 0 radical (unpaired) electrons. The highest BCUT2D eigenvalue weighted by atomic mass is 79.9. The Bertz CT molecular complexity index is 496. The van der Waals surface area contributed by atoms with Crippen LogP contribution in [0, 0.1) is 6.57 Å². The maximum Gasteiger partial charge on any atom is 0.226 e. The third-order valence-corrected chi connectivity index (χ3v) is 2.51. The molecule has 4 heteroatoms. The zero-order chi connectivity index (χ0) is 10.7. The van der Waals surface area contributed by atoms with Gasteiger partial charge in [-0.15, -0.1) is 0 Å². The van der Waals surface area contributed by atoms with E-state index in [2.05, 4.69) is 25.8 Å². The van der Waals surface area contributed by atoms with Gasteiger partial charge in [-0.2, -0.15) is 0 Å². The topological polar surface area (TPSA) is 30.4 Å². The highest BCUT2D eigenvalue weighted by Gasteiger charge is 2.05. The van der Waals surface area contributed by atoms with Crippen LogP contribution < -0.4 is 0 Å². The molecule has 0 aliphatic rings. The third-order valence-electron chi connectivity index (χ3n) is 1.93. The van der Waals surface area contributed by atoms with Gasteiger partial charge in [0.05, 0.1) is 12.3 Å². The van der Waals surface area contributed by atoms with Crippen LogP contribution in [0.4, 0.5) is 5.69 Å². The number of rotatable bonds is 2. The number of aromatic nitrogens is 1. The maximum atomic E-state index is 6.83. The summed E-state index contributed by atoms with van der Waals surface area (Å²) in [6, 6.07) is 7.16. The Balaban J connectivity index is 2.33. The summed E-state index contributed by atoms with van der Waals surface area (Å²) in [5, 5.41) is 0.677. The SMILES string of the molecule is [C-]#[N+]c1ccc(-c2nc(CBr)co2)cc1. The molecule has 0 bridgehead atoms. The first-order chi connectivity index (χ1) is 7.33. The lowest BCUT2D eigenvalue weighted by molar-refractivity contribution is 0.573. The molecule has 0 fully saturated rings. The van der Waals surface area contributed by atoms with Gasteiger partial charge in [-0.05, 0) is 0 Å². The van der Waals surface area contributed by atoms with Crippen molar-refractivity contribution in [2.75, 3.05) is 0 Å². The predicted octanol–water partition coefficient (Wildman–Crippen LogP) is 3.79. The zero-order valence-corrected chi connectivity index (χ0v) is 9.36. The van der Waals surface area contributed by atoms with Crippen molar-refractivity contribution >= 4 is 21.6 Å². The van der Waals surface area contributed by atoms with E-state index in [-0.39, 0.29) is 0 Å². The summed E-state index contributed by atoms with van der Waals surface area (Å²) in [6.45, 7) is 6.83. The van der Waals surface area contributed by atoms with Crippen molar-refractivity contribution in [3.8, 4) is 11.5 Å². The van der Waals surface area contributed by atoms with Crippen LogP contribution >= 0.6 is 15.9 Å². The molecule has 3 nitrogen and oxygen atoms in total. The van der Waals surface area contributed by atoms with Gasteiger partial charge in [-0.25, -0.2) is 9.83 Å². The minimum absolute atomic E-state index is 0.584.